The fourth-order valence-corrected chi connectivity index (χ4v) is 6.21. The van der Waals surface area contributed by atoms with Gasteiger partial charge >= 0.3 is 6.03 Å². The zero-order valence-electron chi connectivity index (χ0n) is 18.8. The van der Waals surface area contributed by atoms with Crippen molar-refractivity contribution >= 4 is 12.2 Å². The molecule has 2 saturated heterocycles. The standard InChI is InChI=1S/C25H35N5O2/c31-23(30-17-13-27-18-22(30)21-6-2-1-3-7-21)29-14-10-25(32,20-28-15-11-26-12-16-28)24(19-29)8-4-5-9-24/h1-3,6-7,11-12,15,22,27,32H,4-5,8-10,13-14,16-20H2/t22-,25?/m0/s1. The first-order valence-corrected chi connectivity index (χ1v) is 12.1. The summed E-state index contributed by atoms with van der Waals surface area (Å²) in [6, 6.07) is 10.5. The predicted molar refractivity (Wildman–Crippen MR) is 125 cm³/mol. The van der Waals surface area contributed by atoms with E-state index in [0.29, 0.717) is 32.6 Å². The number of aliphatic hydroxyl groups is 1. The molecule has 5 rings (SSSR count). The molecule has 7 heteroatoms. The maximum Gasteiger partial charge on any atom is 0.320 e. The Morgan fingerprint density at radius 3 is 2.72 bits per heavy atom. The molecule has 1 aromatic carbocycles. The second-order valence-corrected chi connectivity index (χ2v) is 9.86. The number of amides is 2. The molecule has 3 fully saturated rings. The quantitative estimate of drug-likeness (QED) is 0.763. The maximum atomic E-state index is 13.8. The SMILES string of the molecule is O=C(N1CCC(O)(CN2C=CN=CC2)C2(CCCC2)C1)N1CCNC[C@H]1c1ccccc1. The number of piperazine rings is 1. The van der Waals surface area contributed by atoms with E-state index < -0.39 is 5.60 Å². The largest absolute Gasteiger partial charge is 0.387 e. The molecule has 2 atom stereocenters. The molecular weight excluding hydrogens is 402 g/mol. The van der Waals surface area contributed by atoms with E-state index in [9.17, 15) is 9.90 Å². The Balaban J connectivity index is 1.34. The van der Waals surface area contributed by atoms with Crippen LogP contribution in [0.5, 0.6) is 0 Å². The second kappa shape index (κ2) is 8.87. The van der Waals surface area contributed by atoms with E-state index in [2.05, 4.69) is 27.3 Å². The smallest absolute Gasteiger partial charge is 0.320 e. The van der Waals surface area contributed by atoms with Gasteiger partial charge in [-0.3, -0.25) is 4.99 Å². The van der Waals surface area contributed by atoms with Crippen LogP contribution in [0.2, 0.25) is 0 Å². The highest BCUT2D eigenvalue weighted by molar-refractivity contribution is 5.75. The number of carbonyl (C=O) groups is 1. The van der Waals surface area contributed by atoms with Gasteiger partial charge in [-0.2, -0.15) is 0 Å². The fraction of sp³-hybridized carbons (Fsp3) is 0.600. The van der Waals surface area contributed by atoms with Crippen LogP contribution in [0.25, 0.3) is 0 Å². The number of carbonyl (C=O) groups excluding carboxylic acids is 1. The molecule has 1 aromatic rings. The molecule has 32 heavy (non-hydrogen) atoms. The first kappa shape index (κ1) is 21.5. The highest BCUT2D eigenvalue weighted by Crippen LogP contribution is 2.51. The first-order valence-electron chi connectivity index (χ1n) is 12.1. The number of hydrogen-bond acceptors (Lipinski definition) is 5. The minimum absolute atomic E-state index is 0.0514. The number of likely N-dealkylation sites (tertiary alicyclic amines) is 1. The molecular formula is C25H35N5O2. The third kappa shape index (κ3) is 3.92. The molecule has 7 nitrogen and oxygen atoms in total. The van der Waals surface area contributed by atoms with Crippen molar-refractivity contribution in [2.75, 3.05) is 45.8 Å². The summed E-state index contributed by atoms with van der Waals surface area (Å²) in [7, 11) is 0. The lowest BCUT2D eigenvalue weighted by Gasteiger charge is -2.54. The maximum absolute atomic E-state index is 13.8. The Hall–Kier alpha value is -2.38. The van der Waals surface area contributed by atoms with Crippen LogP contribution in [0.15, 0.2) is 47.7 Å². The summed E-state index contributed by atoms with van der Waals surface area (Å²) in [6.07, 6.45) is 10.5. The zero-order chi connectivity index (χ0) is 22.0. The van der Waals surface area contributed by atoms with Crippen molar-refractivity contribution in [3.8, 4) is 0 Å². The van der Waals surface area contributed by atoms with Gasteiger partial charge in [-0.1, -0.05) is 43.2 Å². The number of aliphatic imine (C=N–C) groups is 1. The van der Waals surface area contributed by atoms with Crippen LogP contribution in [-0.4, -0.2) is 83.5 Å². The summed E-state index contributed by atoms with van der Waals surface area (Å²) in [5.41, 5.74) is 0.174. The van der Waals surface area contributed by atoms with Crippen molar-refractivity contribution in [1.29, 1.82) is 0 Å². The Kier molecular flexibility index (Phi) is 5.95. The van der Waals surface area contributed by atoms with Crippen molar-refractivity contribution in [3.05, 3.63) is 48.3 Å². The van der Waals surface area contributed by atoms with Gasteiger partial charge in [-0.15, -0.1) is 0 Å². The number of piperidine rings is 1. The van der Waals surface area contributed by atoms with Crippen molar-refractivity contribution < 1.29 is 9.90 Å². The van der Waals surface area contributed by atoms with Gasteiger partial charge in [-0.05, 0) is 24.8 Å². The van der Waals surface area contributed by atoms with Gasteiger partial charge in [0.15, 0.2) is 0 Å². The number of rotatable bonds is 3. The predicted octanol–water partition coefficient (Wildman–Crippen LogP) is 2.61. The van der Waals surface area contributed by atoms with E-state index in [-0.39, 0.29) is 17.5 Å². The summed E-state index contributed by atoms with van der Waals surface area (Å²) in [6.45, 7) is 4.91. The first-order chi connectivity index (χ1) is 15.6. The summed E-state index contributed by atoms with van der Waals surface area (Å²) >= 11 is 0. The molecule has 0 aromatic heterocycles. The molecule has 4 aliphatic rings. The Morgan fingerprint density at radius 1 is 1.16 bits per heavy atom. The average Bonchev–Trinajstić information content (AvgIpc) is 3.32. The average molecular weight is 438 g/mol. The Labute approximate surface area is 190 Å². The summed E-state index contributed by atoms with van der Waals surface area (Å²) in [4.78, 5) is 24.2. The summed E-state index contributed by atoms with van der Waals surface area (Å²) < 4.78 is 0. The lowest BCUT2D eigenvalue weighted by Crippen LogP contribution is -2.65. The van der Waals surface area contributed by atoms with Gasteiger partial charge in [0, 0.05) is 63.3 Å². The number of nitrogens with zero attached hydrogens (tertiary/aromatic N) is 4. The van der Waals surface area contributed by atoms with E-state index in [1.54, 1.807) is 6.20 Å². The topological polar surface area (TPSA) is 71.4 Å². The van der Waals surface area contributed by atoms with Crippen molar-refractivity contribution in [1.82, 2.24) is 20.0 Å². The van der Waals surface area contributed by atoms with Crippen molar-refractivity contribution in [2.24, 2.45) is 10.4 Å². The van der Waals surface area contributed by atoms with Gasteiger partial charge in [0.05, 0.1) is 18.2 Å². The normalized spacial score (nSPS) is 29.7. The van der Waals surface area contributed by atoms with Crippen LogP contribution in [-0.2, 0) is 0 Å². The number of hydrogen-bond donors (Lipinski definition) is 2. The van der Waals surface area contributed by atoms with Gasteiger partial charge < -0.3 is 25.1 Å². The van der Waals surface area contributed by atoms with E-state index in [1.165, 1.54) is 5.56 Å². The minimum atomic E-state index is -0.780. The number of nitrogens with one attached hydrogen (secondary N) is 1. The molecule has 1 saturated carbocycles. The molecule has 0 radical (unpaired) electrons. The molecule has 172 valence electrons. The van der Waals surface area contributed by atoms with Crippen LogP contribution in [0.3, 0.4) is 0 Å². The highest BCUT2D eigenvalue weighted by atomic mass is 16.3. The number of β-amino-alcohol motifs (C(OH)–C–C–N with tert-alkyl or cyclic N) is 1. The van der Waals surface area contributed by atoms with Gasteiger partial charge in [0.1, 0.15) is 0 Å². The zero-order valence-corrected chi connectivity index (χ0v) is 18.8. The fourth-order valence-electron chi connectivity index (χ4n) is 6.21. The molecule has 0 bridgehead atoms. The molecule has 3 aliphatic heterocycles. The highest BCUT2D eigenvalue weighted by Gasteiger charge is 2.56. The lowest BCUT2D eigenvalue weighted by atomic mass is 9.65. The Morgan fingerprint density at radius 2 is 1.97 bits per heavy atom. The minimum Gasteiger partial charge on any atom is -0.387 e. The van der Waals surface area contributed by atoms with Gasteiger partial charge in [0.2, 0.25) is 0 Å². The van der Waals surface area contributed by atoms with E-state index in [1.807, 2.05) is 40.4 Å². The van der Waals surface area contributed by atoms with Crippen LogP contribution < -0.4 is 5.32 Å². The molecule has 1 unspecified atom stereocenters. The molecule has 1 spiro atoms. The van der Waals surface area contributed by atoms with Crippen LogP contribution in [0, 0.1) is 5.41 Å². The number of benzene rings is 1. The monoisotopic (exact) mass is 437 g/mol. The molecule has 1 aliphatic carbocycles. The third-order valence-corrected chi connectivity index (χ3v) is 8.03. The molecule has 3 heterocycles. The van der Waals surface area contributed by atoms with Crippen LogP contribution in [0.1, 0.15) is 43.7 Å². The van der Waals surface area contributed by atoms with Gasteiger partial charge in [-0.25, -0.2) is 4.79 Å². The lowest BCUT2D eigenvalue weighted by molar-refractivity contribution is -0.135. The molecule has 2 amide bonds. The summed E-state index contributed by atoms with van der Waals surface area (Å²) in [5.74, 6) is 0. The summed E-state index contributed by atoms with van der Waals surface area (Å²) in [5, 5.41) is 15.4. The second-order valence-electron chi connectivity index (χ2n) is 9.86. The third-order valence-electron chi connectivity index (χ3n) is 8.03. The van der Waals surface area contributed by atoms with Crippen molar-refractivity contribution in [3.63, 3.8) is 0 Å². The van der Waals surface area contributed by atoms with Crippen LogP contribution >= 0.6 is 0 Å². The van der Waals surface area contributed by atoms with E-state index in [4.69, 9.17) is 0 Å². The van der Waals surface area contributed by atoms with Crippen LogP contribution in [0.4, 0.5) is 4.79 Å². The van der Waals surface area contributed by atoms with E-state index in [0.717, 1.165) is 45.3 Å². The van der Waals surface area contributed by atoms with E-state index >= 15 is 0 Å². The van der Waals surface area contributed by atoms with Crippen molar-refractivity contribution in [2.45, 2.75) is 43.7 Å². The molecule has 2 N–H and O–H groups in total. The van der Waals surface area contributed by atoms with Gasteiger partial charge in [0.25, 0.3) is 0 Å². The number of urea groups is 1. The Bertz CT molecular complexity index is 866.